The molecule has 23 heavy (non-hydrogen) atoms. The van der Waals surface area contributed by atoms with Crippen molar-refractivity contribution in [3.8, 4) is 0 Å². The van der Waals surface area contributed by atoms with Gasteiger partial charge in [0.1, 0.15) is 11.6 Å². The summed E-state index contributed by atoms with van der Waals surface area (Å²) in [5.74, 6) is -1.40. The summed E-state index contributed by atoms with van der Waals surface area (Å²) in [6, 6.07) is -2.15. The van der Waals surface area contributed by atoms with Gasteiger partial charge in [0.2, 0.25) is 5.91 Å². The van der Waals surface area contributed by atoms with E-state index in [0.29, 0.717) is 0 Å². The molecule has 1 unspecified atom stereocenters. The van der Waals surface area contributed by atoms with E-state index in [1.54, 1.807) is 20.8 Å². The molecule has 1 heterocycles. The Hall–Kier alpha value is -1.87. The normalized spacial score (nSPS) is 19.7. The fourth-order valence-corrected chi connectivity index (χ4v) is 1.95. The van der Waals surface area contributed by atoms with Crippen molar-refractivity contribution in [3.63, 3.8) is 0 Å². The Kier molecular flexibility index (Phi) is 6.77. The molecule has 2 N–H and O–H groups in total. The van der Waals surface area contributed by atoms with Crippen molar-refractivity contribution in [3.05, 3.63) is 0 Å². The number of hydrogen-bond donors (Lipinski definition) is 2. The first-order valence-electron chi connectivity index (χ1n) is 7.26. The first kappa shape index (κ1) is 19.2. The number of nitrogens with zero attached hydrogens (tertiary/aromatic N) is 1. The highest BCUT2D eigenvalue weighted by Gasteiger charge is 2.37. The Morgan fingerprint density at radius 1 is 1.39 bits per heavy atom. The van der Waals surface area contributed by atoms with Crippen LogP contribution in [0.4, 0.5) is 4.79 Å². The lowest BCUT2D eigenvalue weighted by molar-refractivity contribution is -0.147. The SMILES string of the molecule is COC(=O)[C@H](CO)NC(=O)C1COCCN1C(=O)OC(C)(C)C. The second kappa shape index (κ2) is 8.11. The third-order valence-electron chi connectivity index (χ3n) is 3.04. The molecule has 132 valence electrons. The molecule has 0 aromatic carbocycles. The van der Waals surface area contributed by atoms with Crippen LogP contribution < -0.4 is 5.32 Å². The average Bonchev–Trinajstić information content (AvgIpc) is 2.49. The van der Waals surface area contributed by atoms with E-state index in [2.05, 4.69) is 10.1 Å². The molecule has 2 atom stereocenters. The van der Waals surface area contributed by atoms with E-state index in [4.69, 9.17) is 14.6 Å². The Morgan fingerprint density at radius 2 is 2.04 bits per heavy atom. The van der Waals surface area contributed by atoms with E-state index in [9.17, 15) is 14.4 Å². The van der Waals surface area contributed by atoms with E-state index in [-0.39, 0.29) is 19.8 Å². The quantitative estimate of drug-likeness (QED) is 0.652. The molecule has 0 aliphatic carbocycles. The van der Waals surface area contributed by atoms with Crippen molar-refractivity contribution in [2.75, 3.05) is 33.5 Å². The van der Waals surface area contributed by atoms with Crippen LogP contribution in [-0.2, 0) is 23.8 Å². The van der Waals surface area contributed by atoms with Gasteiger partial charge in [-0.3, -0.25) is 9.69 Å². The van der Waals surface area contributed by atoms with Crippen LogP contribution in [0.1, 0.15) is 20.8 Å². The molecule has 0 bridgehead atoms. The van der Waals surface area contributed by atoms with Gasteiger partial charge in [-0.05, 0) is 20.8 Å². The molecule has 9 heteroatoms. The maximum atomic E-state index is 12.3. The van der Waals surface area contributed by atoms with Crippen molar-refractivity contribution in [2.45, 2.75) is 38.5 Å². The molecular formula is C14H24N2O7. The maximum Gasteiger partial charge on any atom is 0.411 e. The zero-order chi connectivity index (χ0) is 17.6. The fourth-order valence-electron chi connectivity index (χ4n) is 1.95. The Labute approximate surface area is 134 Å². The molecule has 1 fully saturated rings. The number of hydrogen-bond acceptors (Lipinski definition) is 7. The lowest BCUT2D eigenvalue weighted by Crippen LogP contribution is -2.59. The second-order valence-corrected chi connectivity index (χ2v) is 6.03. The number of carbonyl (C=O) groups is 3. The third-order valence-corrected chi connectivity index (χ3v) is 3.04. The standard InChI is InChI=1S/C14H24N2O7/c1-14(2,3)23-13(20)16-5-6-22-8-10(16)11(18)15-9(7-17)12(19)21-4/h9-10,17H,5-8H2,1-4H3,(H,15,18)/t9-,10?/m0/s1. The van der Waals surface area contributed by atoms with Crippen molar-refractivity contribution in [2.24, 2.45) is 0 Å². The zero-order valence-electron chi connectivity index (χ0n) is 13.8. The molecular weight excluding hydrogens is 308 g/mol. The van der Waals surface area contributed by atoms with Crippen LogP contribution in [0, 0.1) is 0 Å². The number of esters is 1. The van der Waals surface area contributed by atoms with Gasteiger partial charge in [0, 0.05) is 6.54 Å². The van der Waals surface area contributed by atoms with Gasteiger partial charge in [0.25, 0.3) is 0 Å². The van der Waals surface area contributed by atoms with Crippen LogP contribution in [0.15, 0.2) is 0 Å². The molecule has 0 aromatic heterocycles. The van der Waals surface area contributed by atoms with Gasteiger partial charge in [0.15, 0.2) is 6.04 Å². The molecule has 0 radical (unpaired) electrons. The highest BCUT2D eigenvalue weighted by molar-refractivity contribution is 5.90. The largest absolute Gasteiger partial charge is 0.467 e. The number of aliphatic hydroxyl groups is 1. The van der Waals surface area contributed by atoms with Crippen LogP contribution in [-0.4, -0.2) is 79.1 Å². The predicted octanol–water partition coefficient (Wildman–Crippen LogP) is -0.728. The molecule has 0 saturated carbocycles. The summed E-state index contributed by atoms with van der Waals surface area (Å²) >= 11 is 0. The molecule has 0 spiro atoms. The number of methoxy groups -OCH3 is 1. The highest BCUT2D eigenvalue weighted by atomic mass is 16.6. The Morgan fingerprint density at radius 3 is 2.57 bits per heavy atom. The van der Waals surface area contributed by atoms with E-state index in [1.807, 2.05) is 0 Å². The molecule has 1 aliphatic rings. The van der Waals surface area contributed by atoms with Crippen LogP contribution in [0.25, 0.3) is 0 Å². The van der Waals surface area contributed by atoms with Crippen molar-refractivity contribution < 1.29 is 33.7 Å². The summed E-state index contributed by atoms with van der Waals surface area (Å²) in [5, 5.41) is 11.5. The van der Waals surface area contributed by atoms with Crippen molar-refractivity contribution in [1.82, 2.24) is 10.2 Å². The van der Waals surface area contributed by atoms with Gasteiger partial charge in [-0.1, -0.05) is 0 Å². The summed E-state index contributed by atoms with van der Waals surface area (Å²) in [4.78, 5) is 37.2. The Balaban J connectivity index is 2.78. The lowest BCUT2D eigenvalue weighted by Gasteiger charge is -2.36. The summed E-state index contributed by atoms with van der Waals surface area (Å²) in [5.41, 5.74) is -0.698. The molecule has 0 aromatic rings. The van der Waals surface area contributed by atoms with Crippen molar-refractivity contribution in [1.29, 1.82) is 0 Å². The minimum absolute atomic E-state index is 0.0234. The minimum atomic E-state index is -1.20. The lowest BCUT2D eigenvalue weighted by atomic mass is 10.2. The highest BCUT2D eigenvalue weighted by Crippen LogP contribution is 2.15. The topological polar surface area (TPSA) is 114 Å². The number of rotatable bonds is 4. The fraction of sp³-hybridized carbons (Fsp3) is 0.786. The van der Waals surface area contributed by atoms with Crippen LogP contribution in [0.2, 0.25) is 0 Å². The average molecular weight is 332 g/mol. The number of ether oxygens (including phenoxy) is 3. The first-order chi connectivity index (χ1) is 10.7. The molecule has 1 aliphatic heterocycles. The first-order valence-corrected chi connectivity index (χ1v) is 7.26. The van der Waals surface area contributed by atoms with Gasteiger partial charge in [-0.2, -0.15) is 0 Å². The van der Waals surface area contributed by atoms with Gasteiger partial charge in [-0.15, -0.1) is 0 Å². The van der Waals surface area contributed by atoms with Gasteiger partial charge in [0.05, 0.1) is 26.9 Å². The van der Waals surface area contributed by atoms with E-state index < -0.39 is 42.3 Å². The summed E-state index contributed by atoms with van der Waals surface area (Å²) in [6.07, 6.45) is -0.639. The third kappa shape index (κ3) is 5.68. The van der Waals surface area contributed by atoms with Gasteiger partial charge in [-0.25, -0.2) is 9.59 Å². The van der Waals surface area contributed by atoms with Crippen LogP contribution in [0.5, 0.6) is 0 Å². The molecule has 1 saturated heterocycles. The second-order valence-electron chi connectivity index (χ2n) is 6.03. The summed E-state index contributed by atoms with van der Waals surface area (Å²) in [7, 11) is 1.15. The number of amides is 2. The van der Waals surface area contributed by atoms with Crippen molar-refractivity contribution >= 4 is 18.0 Å². The van der Waals surface area contributed by atoms with E-state index in [1.165, 1.54) is 4.90 Å². The number of aliphatic hydroxyl groups excluding tert-OH is 1. The zero-order valence-corrected chi connectivity index (χ0v) is 13.8. The molecule has 9 nitrogen and oxygen atoms in total. The summed E-state index contributed by atoms with van der Waals surface area (Å²) in [6.45, 7) is 5.00. The number of morpholine rings is 1. The minimum Gasteiger partial charge on any atom is -0.467 e. The summed E-state index contributed by atoms with van der Waals surface area (Å²) < 4.78 is 15.0. The predicted molar refractivity (Wildman–Crippen MR) is 78.6 cm³/mol. The smallest absolute Gasteiger partial charge is 0.411 e. The van der Waals surface area contributed by atoms with E-state index in [0.717, 1.165) is 7.11 Å². The monoisotopic (exact) mass is 332 g/mol. The van der Waals surface area contributed by atoms with Crippen LogP contribution in [0.3, 0.4) is 0 Å². The van der Waals surface area contributed by atoms with Crippen LogP contribution >= 0.6 is 0 Å². The molecule has 1 rings (SSSR count). The van der Waals surface area contributed by atoms with Gasteiger partial charge < -0.3 is 24.6 Å². The number of nitrogens with one attached hydrogen (secondary N) is 1. The maximum absolute atomic E-state index is 12.3. The molecule has 2 amide bonds. The van der Waals surface area contributed by atoms with Gasteiger partial charge >= 0.3 is 12.1 Å². The van der Waals surface area contributed by atoms with E-state index >= 15 is 0 Å². The number of carbonyl (C=O) groups excluding carboxylic acids is 3. The Bertz CT molecular complexity index is 447.